The molecule has 23 heavy (non-hydrogen) atoms. The molecular weight excluding hydrogens is 290 g/mol. The van der Waals surface area contributed by atoms with E-state index in [1.165, 1.54) is 6.42 Å². The highest BCUT2D eigenvalue weighted by Crippen LogP contribution is 2.24. The second-order valence-electron chi connectivity index (χ2n) is 6.02. The van der Waals surface area contributed by atoms with Gasteiger partial charge in [0.25, 0.3) is 0 Å². The van der Waals surface area contributed by atoms with E-state index in [-0.39, 0.29) is 0 Å². The number of hydrogen-bond donors (Lipinski definition) is 2. The lowest BCUT2D eigenvalue weighted by Gasteiger charge is -2.33. The Morgan fingerprint density at radius 1 is 1.30 bits per heavy atom. The summed E-state index contributed by atoms with van der Waals surface area (Å²) in [6, 6.07) is 5.87. The van der Waals surface area contributed by atoms with Crippen molar-refractivity contribution in [3.05, 3.63) is 29.7 Å². The summed E-state index contributed by atoms with van der Waals surface area (Å²) < 4.78 is 0. The van der Waals surface area contributed by atoms with Crippen molar-refractivity contribution >= 4 is 17.5 Å². The first-order valence-electron chi connectivity index (χ1n) is 8.00. The van der Waals surface area contributed by atoms with Crippen LogP contribution in [0.5, 0.6) is 0 Å². The number of piperidine rings is 1. The minimum Gasteiger partial charge on any atom is -0.384 e. The highest BCUT2D eigenvalue weighted by molar-refractivity contribution is 5.47. The molecule has 3 N–H and O–H groups in total. The van der Waals surface area contributed by atoms with Crippen molar-refractivity contribution in [2.45, 2.75) is 26.2 Å². The number of rotatable bonds is 4. The Labute approximate surface area is 136 Å². The van der Waals surface area contributed by atoms with Gasteiger partial charge in [0.1, 0.15) is 23.3 Å². The van der Waals surface area contributed by atoms with Gasteiger partial charge in [-0.3, -0.25) is 0 Å². The molecule has 2 aromatic rings. The van der Waals surface area contributed by atoms with Gasteiger partial charge in [0.05, 0.1) is 5.69 Å². The number of nitrogen functional groups attached to an aromatic ring is 1. The molecule has 0 radical (unpaired) electrons. The highest BCUT2D eigenvalue weighted by atomic mass is 15.2. The zero-order valence-corrected chi connectivity index (χ0v) is 13.7. The number of anilines is 3. The summed E-state index contributed by atoms with van der Waals surface area (Å²) in [5.41, 5.74) is 6.89. The van der Waals surface area contributed by atoms with Gasteiger partial charge in [-0.05, 0) is 44.2 Å². The van der Waals surface area contributed by atoms with Crippen LogP contribution in [-0.4, -0.2) is 40.3 Å². The van der Waals surface area contributed by atoms with E-state index in [9.17, 15) is 0 Å². The maximum atomic E-state index is 5.85. The number of aromatic nitrogens is 4. The molecule has 7 heteroatoms. The van der Waals surface area contributed by atoms with Gasteiger partial charge < -0.3 is 16.0 Å². The minimum absolute atomic E-state index is 0.531. The summed E-state index contributed by atoms with van der Waals surface area (Å²) in [5.74, 6) is 3.52. The summed E-state index contributed by atoms with van der Waals surface area (Å²) in [5, 5.41) is 11.4. The van der Waals surface area contributed by atoms with Crippen molar-refractivity contribution in [1.82, 2.24) is 20.2 Å². The lowest BCUT2D eigenvalue weighted by Crippen LogP contribution is -2.37. The molecule has 1 aliphatic rings. The van der Waals surface area contributed by atoms with Gasteiger partial charge in [-0.25, -0.2) is 9.97 Å². The van der Waals surface area contributed by atoms with Crippen molar-refractivity contribution in [3.63, 3.8) is 0 Å². The summed E-state index contributed by atoms with van der Waals surface area (Å²) in [6.45, 7) is 3.85. The standard InChI is InChI=1S/C16H23N7/c1-11-19-14(17)9-16(20-11)23-7-3-4-12(10-23)8-13-5-6-15(18-2)22-21-13/h5-6,9,12H,3-4,7-8,10H2,1-2H3,(H,18,22)(H2,17,19,20)/t12-/m0/s1. The summed E-state index contributed by atoms with van der Waals surface area (Å²) in [6.07, 6.45) is 3.29. The van der Waals surface area contributed by atoms with E-state index in [0.717, 1.165) is 49.1 Å². The van der Waals surface area contributed by atoms with Crippen LogP contribution in [0.1, 0.15) is 24.4 Å². The van der Waals surface area contributed by atoms with Crippen molar-refractivity contribution in [3.8, 4) is 0 Å². The normalized spacial score (nSPS) is 18.0. The van der Waals surface area contributed by atoms with Crippen LogP contribution in [0, 0.1) is 12.8 Å². The van der Waals surface area contributed by atoms with E-state index in [0.29, 0.717) is 11.7 Å². The Morgan fingerprint density at radius 3 is 2.87 bits per heavy atom. The molecule has 0 bridgehead atoms. The molecule has 1 fully saturated rings. The zero-order valence-electron chi connectivity index (χ0n) is 13.7. The fourth-order valence-corrected chi connectivity index (χ4v) is 3.07. The molecule has 1 aliphatic heterocycles. The van der Waals surface area contributed by atoms with Crippen molar-refractivity contribution < 1.29 is 0 Å². The molecule has 0 aliphatic carbocycles. The van der Waals surface area contributed by atoms with Crippen LogP contribution in [0.4, 0.5) is 17.5 Å². The molecule has 3 rings (SSSR count). The van der Waals surface area contributed by atoms with Gasteiger partial charge in [0.2, 0.25) is 0 Å². The molecule has 0 aromatic carbocycles. The Kier molecular flexibility index (Phi) is 4.55. The van der Waals surface area contributed by atoms with Gasteiger partial charge in [-0.2, -0.15) is 5.10 Å². The van der Waals surface area contributed by atoms with E-state index < -0.39 is 0 Å². The predicted octanol–water partition coefficient (Wildman–Crippen LogP) is 1.66. The number of nitrogens with zero attached hydrogens (tertiary/aromatic N) is 5. The van der Waals surface area contributed by atoms with Crippen LogP contribution < -0.4 is 16.0 Å². The maximum Gasteiger partial charge on any atom is 0.148 e. The Morgan fingerprint density at radius 2 is 2.17 bits per heavy atom. The number of hydrogen-bond acceptors (Lipinski definition) is 7. The molecule has 3 heterocycles. The quantitative estimate of drug-likeness (QED) is 0.886. The largest absolute Gasteiger partial charge is 0.384 e. The van der Waals surface area contributed by atoms with Gasteiger partial charge in [0, 0.05) is 26.2 Å². The molecule has 0 spiro atoms. The van der Waals surface area contributed by atoms with Gasteiger partial charge in [-0.15, -0.1) is 5.10 Å². The molecule has 1 atom stereocenters. The topological polar surface area (TPSA) is 92.8 Å². The molecule has 7 nitrogen and oxygen atoms in total. The number of nitrogens with two attached hydrogens (primary N) is 1. The first-order chi connectivity index (χ1) is 11.1. The Balaban J connectivity index is 1.67. The van der Waals surface area contributed by atoms with Gasteiger partial charge >= 0.3 is 0 Å². The van der Waals surface area contributed by atoms with Gasteiger partial charge in [0.15, 0.2) is 0 Å². The third kappa shape index (κ3) is 3.85. The van der Waals surface area contributed by atoms with E-state index in [4.69, 9.17) is 5.73 Å². The third-order valence-electron chi connectivity index (χ3n) is 4.16. The fourth-order valence-electron chi connectivity index (χ4n) is 3.07. The molecule has 1 saturated heterocycles. The van der Waals surface area contributed by atoms with Crippen LogP contribution in [0.3, 0.4) is 0 Å². The monoisotopic (exact) mass is 313 g/mol. The van der Waals surface area contributed by atoms with Crippen LogP contribution in [0.2, 0.25) is 0 Å². The Bertz CT molecular complexity index is 636. The summed E-state index contributed by atoms with van der Waals surface area (Å²) >= 11 is 0. The zero-order chi connectivity index (χ0) is 16.2. The molecule has 122 valence electrons. The smallest absolute Gasteiger partial charge is 0.148 e. The van der Waals surface area contributed by atoms with Crippen LogP contribution in [0.15, 0.2) is 18.2 Å². The fraction of sp³-hybridized carbons (Fsp3) is 0.500. The first kappa shape index (κ1) is 15.5. The predicted molar refractivity (Wildman–Crippen MR) is 91.4 cm³/mol. The van der Waals surface area contributed by atoms with Crippen molar-refractivity contribution in [1.29, 1.82) is 0 Å². The van der Waals surface area contributed by atoms with E-state index in [2.05, 4.69) is 30.4 Å². The third-order valence-corrected chi connectivity index (χ3v) is 4.16. The molecule has 0 unspecified atom stereocenters. The Hall–Kier alpha value is -2.44. The lowest BCUT2D eigenvalue weighted by molar-refractivity contribution is 0.407. The molecule has 2 aromatic heterocycles. The summed E-state index contributed by atoms with van der Waals surface area (Å²) in [4.78, 5) is 11.0. The van der Waals surface area contributed by atoms with Gasteiger partial charge in [-0.1, -0.05) is 0 Å². The number of aryl methyl sites for hydroxylation is 1. The SMILES string of the molecule is CNc1ccc(C[C@@H]2CCCN(c3cc(N)nc(C)n3)C2)nn1. The molecule has 0 amide bonds. The highest BCUT2D eigenvalue weighted by Gasteiger charge is 2.22. The maximum absolute atomic E-state index is 5.85. The van der Waals surface area contributed by atoms with Crippen LogP contribution >= 0.6 is 0 Å². The van der Waals surface area contributed by atoms with Crippen LogP contribution in [-0.2, 0) is 6.42 Å². The first-order valence-corrected chi connectivity index (χ1v) is 8.00. The van der Waals surface area contributed by atoms with E-state index in [1.807, 2.05) is 32.2 Å². The van der Waals surface area contributed by atoms with Crippen LogP contribution in [0.25, 0.3) is 0 Å². The second kappa shape index (κ2) is 6.76. The average Bonchev–Trinajstić information content (AvgIpc) is 2.55. The van der Waals surface area contributed by atoms with E-state index in [1.54, 1.807) is 0 Å². The second-order valence-corrected chi connectivity index (χ2v) is 6.02. The van der Waals surface area contributed by atoms with Crippen molar-refractivity contribution in [2.75, 3.05) is 36.1 Å². The average molecular weight is 313 g/mol. The van der Waals surface area contributed by atoms with E-state index >= 15 is 0 Å². The van der Waals surface area contributed by atoms with Crippen molar-refractivity contribution in [2.24, 2.45) is 5.92 Å². The molecular formula is C16H23N7. The summed E-state index contributed by atoms with van der Waals surface area (Å²) in [7, 11) is 1.85. The molecule has 0 saturated carbocycles. The number of nitrogens with one attached hydrogen (secondary N) is 1. The lowest BCUT2D eigenvalue weighted by atomic mass is 9.93. The minimum atomic E-state index is 0.531.